The fourth-order valence-electron chi connectivity index (χ4n) is 2.97. The molecule has 25 heavy (non-hydrogen) atoms. The van der Waals surface area contributed by atoms with Crippen LogP contribution in [0, 0.1) is 11.8 Å². The van der Waals surface area contributed by atoms with Gasteiger partial charge in [0.1, 0.15) is 5.60 Å². The SMILES string of the molecule is CC(C)CC(CNC(=O)COc1cccc2c1OC(C)(C)C2)C(=O)O. The zero-order valence-corrected chi connectivity index (χ0v) is 15.3. The van der Waals surface area contributed by atoms with Crippen molar-refractivity contribution < 1.29 is 24.2 Å². The summed E-state index contributed by atoms with van der Waals surface area (Å²) >= 11 is 0. The third-order valence-electron chi connectivity index (χ3n) is 4.06. The normalized spacial score (nSPS) is 16.0. The molecule has 2 rings (SSSR count). The lowest BCUT2D eigenvalue weighted by Crippen LogP contribution is -2.36. The summed E-state index contributed by atoms with van der Waals surface area (Å²) in [5, 5.41) is 11.8. The molecule has 0 saturated heterocycles. The highest BCUT2D eigenvalue weighted by Gasteiger charge is 2.32. The number of rotatable bonds is 8. The molecule has 0 spiro atoms. The summed E-state index contributed by atoms with van der Waals surface area (Å²) in [7, 11) is 0. The lowest BCUT2D eigenvalue weighted by molar-refractivity contribution is -0.142. The van der Waals surface area contributed by atoms with E-state index in [1.54, 1.807) is 6.07 Å². The second-order valence-electron chi connectivity index (χ2n) is 7.54. The molecule has 0 bridgehead atoms. The van der Waals surface area contributed by atoms with E-state index in [-0.39, 0.29) is 30.6 Å². The van der Waals surface area contributed by atoms with E-state index in [4.69, 9.17) is 9.47 Å². The van der Waals surface area contributed by atoms with Gasteiger partial charge in [0, 0.05) is 18.5 Å². The Morgan fingerprint density at radius 3 is 2.72 bits per heavy atom. The molecule has 0 aliphatic carbocycles. The van der Waals surface area contributed by atoms with Crippen molar-refractivity contribution in [3.8, 4) is 11.5 Å². The Labute approximate surface area is 148 Å². The van der Waals surface area contributed by atoms with Crippen LogP contribution < -0.4 is 14.8 Å². The Balaban J connectivity index is 1.87. The monoisotopic (exact) mass is 349 g/mol. The molecule has 1 amide bonds. The molecule has 0 aromatic heterocycles. The second-order valence-corrected chi connectivity index (χ2v) is 7.54. The number of carboxylic acids is 1. The number of aliphatic carboxylic acids is 1. The average Bonchev–Trinajstić information content (AvgIpc) is 2.83. The molecule has 0 saturated carbocycles. The number of para-hydroxylation sites is 1. The molecule has 2 N–H and O–H groups in total. The van der Waals surface area contributed by atoms with E-state index in [0.29, 0.717) is 17.9 Å². The zero-order valence-electron chi connectivity index (χ0n) is 15.3. The van der Waals surface area contributed by atoms with Crippen molar-refractivity contribution in [2.75, 3.05) is 13.2 Å². The van der Waals surface area contributed by atoms with E-state index in [9.17, 15) is 14.7 Å². The minimum atomic E-state index is -0.897. The number of ether oxygens (including phenoxy) is 2. The van der Waals surface area contributed by atoms with Crippen LogP contribution in [0.25, 0.3) is 0 Å². The smallest absolute Gasteiger partial charge is 0.308 e. The third-order valence-corrected chi connectivity index (χ3v) is 4.06. The zero-order chi connectivity index (χ0) is 18.6. The van der Waals surface area contributed by atoms with Crippen molar-refractivity contribution >= 4 is 11.9 Å². The summed E-state index contributed by atoms with van der Waals surface area (Å²) in [5.74, 6) is -0.356. The maximum Gasteiger partial charge on any atom is 0.308 e. The first-order valence-electron chi connectivity index (χ1n) is 8.61. The van der Waals surface area contributed by atoms with E-state index in [2.05, 4.69) is 5.32 Å². The largest absolute Gasteiger partial charge is 0.483 e. The van der Waals surface area contributed by atoms with Crippen LogP contribution in [0.2, 0.25) is 0 Å². The van der Waals surface area contributed by atoms with E-state index < -0.39 is 11.9 Å². The van der Waals surface area contributed by atoms with Gasteiger partial charge >= 0.3 is 5.97 Å². The van der Waals surface area contributed by atoms with E-state index >= 15 is 0 Å². The first-order valence-corrected chi connectivity index (χ1v) is 8.61. The van der Waals surface area contributed by atoms with Crippen molar-refractivity contribution in [1.29, 1.82) is 0 Å². The van der Waals surface area contributed by atoms with Crippen LogP contribution >= 0.6 is 0 Å². The van der Waals surface area contributed by atoms with Crippen LogP contribution in [0.4, 0.5) is 0 Å². The maximum absolute atomic E-state index is 12.0. The molecule has 6 heteroatoms. The quantitative estimate of drug-likeness (QED) is 0.754. The maximum atomic E-state index is 12.0. The minimum Gasteiger partial charge on any atom is -0.483 e. The van der Waals surface area contributed by atoms with Crippen LogP contribution in [0.1, 0.15) is 39.7 Å². The van der Waals surface area contributed by atoms with E-state index in [1.807, 2.05) is 39.8 Å². The summed E-state index contributed by atoms with van der Waals surface area (Å²) < 4.78 is 11.5. The Bertz CT molecular complexity index is 639. The van der Waals surface area contributed by atoms with Gasteiger partial charge in [0.15, 0.2) is 18.1 Å². The Kier molecular flexibility index (Phi) is 5.93. The van der Waals surface area contributed by atoms with E-state index in [0.717, 1.165) is 12.0 Å². The fraction of sp³-hybridized carbons (Fsp3) is 0.579. The number of carbonyl (C=O) groups excluding carboxylic acids is 1. The minimum absolute atomic E-state index is 0.103. The highest BCUT2D eigenvalue weighted by molar-refractivity contribution is 5.78. The van der Waals surface area contributed by atoms with Gasteiger partial charge in [0.05, 0.1) is 5.92 Å². The molecule has 1 aromatic carbocycles. The molecule has 1 atom stereocenters. The number of carbonyl (C=O) groups is 2. The van der Waals surface area contributed by atoms with Gasteiger partial charge in [-0.3, -0.25) is 9.59 Å². The number of nitrogens with one attached hydrogen (secondary N) is 1. The topological polar surface area (TPSA) is 84.9 Å². The van der Waals surface area contributed by atoms with Gasteiger partial charge in [-0.05, 0) is 32.3 Å². The average molecular weight is 349 g/mol. The van der Waals surface area contributed by atoms with Crippen LogP contribution in [-0.4, -0.2) is 35.7 Å². The summed E-state index contributed by atoms with van der Waals surface area (Å²) in [6.45, 7) is 7.85. The first kappa shape index (κ1) is 19.1. The third kappa shape index (κ3) is 5.37. The van der Waals surface area contributed by atoms with Gasteiger partial charge in [-0.1, -0.05) is 26.0 Å². The van der Waals surface area contributed by atoms with Gasteiger partial charge < -0.3 is 19.9 Å². The molecule has 138 valence electrons. The van der Waals surface area contributed by atoms with Crippen molar-refractivity contribution in [3.63, 3.8) is 0 Å². The molecule has 1 heterocycles. The van der Waals surface area contributed by atoms with Gasteiger partial charge in [0.25, 0.3) is 5.91 Å². The molecule has 1 unspecified atom stereocenters. The highest BCUT2D eigenvalue weighted by atomic mass is 16.5. The van der Waals surface area contributed by atoms with Gasteiger partial charge in [-0.25, -0.2) is 0 Å². The number of hydrogen-bond acceptors (Lipinski definition) is 4. The van der Waals surface area contributed by atoms with Gasteiger partial charge in [-0.15, -0.1) is 0 Å². The van der Waals surface area contributed by atoms with Crippen LogP contribution in [0.5, 0.6) is 11.5 Å². The lowest BCUT2D eigenvalue weighted by Gasteiger charge is -2.18. The van der Waals surface area contributed by atoms with Crippen LogP contribution in [-0.2, 0) is 16.0 Å². The Morgan fingerprint density at radius 2 is 2.08 bits per heavy atom. The second kappa shape index (κ2) is 7.76. The molecule has 1 aromatic rings. The van der Waals surface area contributed by atoms with Crippen LogP contribution in [0.15, 0.2) is 18.2 Å². The Morgan fingerprint density at radius 1 is 1.36 bits per heavy atom. The standard InChI is InChI=1S/C19H27NO5/c1-12(2)8-14(18(22)23)10-20-16(21)11-24-15-7-5-6-13-9-19(3,4)25-17(13)15/h5-7,12,14H,8-11H2,1-4H3,(H,20,21)(H,22,23). The molecule has 1 aliphatic rings. The number of amides is 1. The van der Waals surface area contributed by atoms with Crippen molar-refractivity contribution in [3.05, 3.63) is 23.8 Å². The summed E-state index contributed by atoms with van der Waals surface area (Å²) in [4.78, 5) is 23.2. The van der Waals surface area contributed by atoms with Gasteiger partial charge in [-0.2, -0.15) is 0 Å². The molecule has 0 radical (unpaired) electrons. The highest BCUT2D eigenvalue weighted by Crippen LogP contribution is 2.41. The van der Waals surface area contributed by atoms with Crippen molar-refractivity contribution in [2.24, 2.45) is 11.8 Å². The number of benzene rings is 1. The fourth-order valence-corrected chi connectivity index (χ4v) is 2.97. The Hall–Kier alpha value is -2.24. The van der Waals surface area contributed by atoms with Crippen molar-refractivity contribution in [2.45, 2.75) is 46.1 Å². The molecule has 1 aliphatic heterocycles. The predicted octanol–water partition coefficient (Wildman–Crippen LogP) is 2.64. The lowest BCUT2D eigenvalue weighted by atomic mass is 9.97. The summed E-state index contributed by atoms with van der Waals surface area (Å²) in [6, 6.07) is 5.63. The number of fused-ring (bicyclic) bond motifs is 1. The van der Waals surface area contributed by atoms with Crippen molar-refractivity contribution in [1.82, 2.24) is 5.32 Å². The van der Waals surface area contributed by atoms with E-state index in [1.165, 1.54) is 0 Å². The van der Waals surface area contributed by atoms with Gasteiger partial charge in [0.2, 0.25) is 0 Å². The number of hydrogen-bond donors (Lipinski definition) is 2. The summed E-state index contributed by atoms with van der Waals surface area (Å²) in [6.07, 6.45) is 1.31. The summed E-state index contributed by atoms with van der Waals surface area (Å²) in [5.41, 5.74) is 0.779. The molecular formula is C19H27NO5. The number of carboxylic acid groups (broad SMARTS) is 1. The van der Waals surface area contributed by atoms with Crippen LogP contribution in [0.3, 0.4) is 0 Å². The molecular weight excluding hydrogens is 322 g/mol. The molecule has 6 nitrogen and oxygen atoms in total. The first-order chi connectivity index (χ1) is 11.7. The predicted molar refractivity (Wildman–Crippen MR) is 93.9 cm³/mol. The molecule has 0 fully saturated rings.